The predicted molar refractivity (Wildman–Crippen MR) is 200 cm³/mol. The van der Waals surface area contributed by atoms with Crippen molar-refractivity contribution in [2.24, 2.45) is 16.2 Å². The monoisotopic (exact) mass is 771 g/mol. The standard InChI is InChI=1S/C34H65N3O10S3/c1-8-33(4,30(41)47-22-20-38)26-34(5,31(42)46-21-17-35-28(39)14-10-9-13-27(49)15-23-48)25-32(2,3)29(40)36-16-11-18-37(6,7)19-12-24-50(43,44)45/h27,38H,8-26H2,1-7H3,(H4-,35,36,39,40,43,44,45,48,49). The van der Waals surface area contributed by atoms with Crippen molar-refractivity contribution in [3.05, 3.63) is 0 Å². The van der Waals surface area contributed by atoms with Crippen LogP contribution in [0.15, 0.2) is 0 Å². The van der Waals surface area contributed by atoms with E-state index >= 15 is 0 Å². The lowest BCUT2D eigenvalue weighted by molar-refractivity contribution is -0.890. The first-order chi connectivity index (χ1) is 23.1. The Bertz CT molecular complexity index is 1170. The van der Waals surface area contributed by atoms with Gasteiger partial charge in [0.25, 0.3) is 0 Å². The maximum Gasteiger partial charge on any atom is 0.311 e. The van der Waals surface area contributed by atoms with Crippen LogP contribution in [-0.4, -0.2) is 123 Å². The number of unbranched alkanes of at least 4 members (excludes halogenated alkanes) is 1. The van der Waals surface area contributed by atoms with Gasteiger partial charge in [-0.1, -0.05) is 27.2 Å². The van der Waals surface area contributed by atoms with E-state index in [2.05, 4.69) is 35.9 Å². The number of nitrogens with one attached hydrogen (secondary N) is 2. The van der Waals surface area contributed by atoms with Crippen molar-refractivity contribution in [3.8, 4) is 0 Å². The summed E-state index contributed by atoms with van der Waals surface area (Å²) in [6.07, 6.45) is 5.01. The highest BCUT2D eigenvalue weighted by Gasteiger charge is 2.49. The summed E-state index contributed by atoms with van der Waals surface area (Å²) in [7, 11) is -0.420. The zero-order chi connectivity index (χ0) is 38.7. The largest absolute Gasteiger partial charge is 0.748 e. The highest BCUT2D eigenvalue weighted by Crippen LogP contribution is 2.45. The number of quaternary nitrogens is 1. The summed E-state index contributed by atoms with van der Waals surface area (Å²) in [5, 5.41) is 15.2. The highest BCUT2D eigenvalue weighted by atomic mass is 32.2. The van der Waals surface area contributed by atoms with Gasteiger partial charge in [0.15, 0.2) is 0 Å². The SMILES string of the molecule is CCC(C)(CC(C)(CC(C)(C)C(=O)NCCC[N+](C)(C)CCCS(=O)(=O)[O-])C(=O)OCCNC(=O)CCCCC(S)CCS)C(=O)OCCO. The third-order valence-corrected chi connectivity index (χ3v) is 10.6. The number of nitrogens with zero attached hydrogens (tertiary/aromatic N) is 1. The van der Waals surface area contributed by atoms with Gasteiger partial charge in [0.2, 0.25) is 11.8 Å². The summed E-state index contributed by atoms with van der Waals surface area (Å²) < 4.78 is 44.2. The molecule has 0 aromatic heterocycles. The van der Waals surface area contributed by atoms with Gasteiger partial charge in [-0.15, -0.1) is 0 Å². The van der Waals surface area contributed by atoms with E-state index in [1.54, 1.807) is 34.6 Å². The minimum Gasteiger partial charge on any atom is -0.748 e. The summed E-state index contributed by atoms with van der Waals surface area (Å²) >= 11 is 8.72. The lowest BCUT2D eigenvalue weighted by atomic mass is 9.65. The Kier molecular flexibility index (Phi) is 22.4. The Morgan fingerprint density at radius 1 is 0.860 bits per heavy atom. The minimum atomic E-state index is -4.27. The average Bonchev–Trinajstić information content (AvgIpc) is 3.00. The summed E-state index contributed by atoms with van der Waals surface area (Å²) in [5.74, 6) is -1.25. The minimum absolute atomic E-state index is 0.0206. The predicted octanol–water partition coefficient (Wildman–Crippen LogP) is 3.11. The molecule has 0 saturated carbocycles. The van der Waals surface area contributed by atoms with Crippen molar-refractivity contribution in [3.63, 3.8) is 0 Å². The van der Waals surface area contributed by atoms with Gasteiger partial charge in [-0.25, -0.2) is 8.42 Å². The molecule has 0 aliphatic rings. The third-order valence-electron chi connectivity index (χ3n) is 9.01. The van der Waals surface area contributed by atoms with Crippen LogP contribution in [0.25, 0.3) is 0 Å². The lowest BCUT2D eigenvalue weighted by Gasteiger charge is -2.40. The topological polar surface area (TPSA) is 188 Å². The number of carbonyl (C=O) groups is 4. The second-order valence-corrected chi connectivity index (χ2v) is 17.8. The Morgan fingerprint density at radius 3 is 2.04 bits per heavy atom. The second kappa shape index (κ2) is 23.2. The fourth-order valence-electron chi connectivity index (χ4n) is 6.06. The maximum absolute atomic E-state index is 13.8. The van der Waals surface area contributed by atoms with Gasteiger partial charge in [0, 0.05) is 42.2 Å². The summed E-state index contributed by atoms with van der Waals surface area (Å²) in [5.41, 5.74) is -3.47. The quantitative estimate of drug-likeness (QED) is 0.0260. The number of ether oxygens (including phenoxy) is 2. The molecule has 50 heavy (non-hydrogen) atoms. The fraction of sp³-hybridized carbons (Fsp3) is 0.882. The van der Waals surface area contributed by atoms with Gasteiger partial charge in [0.1, 0.15) is 13.2 Å². The molecule has 294 valence electrons. The number of aliphatic hydroxyl groups excluding tert-OH is 1. The first-order valence-corrected chi connectivity index (χ1v) is 20.3. The van der Waals surface area contributed by atoms with Crippen molar-refractivity contribution in [2.45, 2.75) is 104 Å². The van der Waals surface area contributed by atoms with Crippen molar-refractivity contribution in [1.29, 1.82) is 0 Å². The molecule has 2 amide bonds. The molecule has 3 unspecified atom stereocenters. The number of thiol groups is 2. The zero-order valence-corrected chi connectivity index (χ0v) is 34.0. The molecule has 0 saturated heterocycles. The molecular formula is C34H65N3O10S3. The lowest BCUT2D eigenvalue weighted by Crippen LogP contribution is -2.47. The van der Waals surface area contributed by atoms with Crippen LogP contribution < -0.4 is 10.6 Å². The molecule has 0 fully saturated rings. The molecule has 0 aromatic rings. The van der Waals surface area contributed by atoms with Gasteiger partial charge in [0.05, 0.1) is 61.3 Å². The maximum atomic E-state index is 13.8. The van der Waals surface area contributed by atoms with Crippen LogP contribution >= 0.6 is 25.3 Å². The van der Waals surface area contributed by atoms with E-state index in [0.29, 0.717) is 43.4 Å². The molecule has 0 aromatic carbocycles. The van der Waals surface area contributed by atoms with E-state index < -0.39 is 44.1 Å². The van der Waals surface area contributed by atoms with Gasteiger partial charge in [-0.2, -0.15) is 25.3 Å². The normalized spacial score (nSPS) is 15.3. The van der Waals surface area contributed by atoms with E-state index in [1.165, 1.54) is 0 Å². The number of hydrogen-bond donors (Lipinski definition) is 5. The number of esters is 2. The zero-order valence-electron chi connectivity index (χ0n) is 31.4. The van der Waals surface area contributed by atoms with Crippen LogP contribution in [-0.2, 0) is 38.8 Å². The van der Waals surface area contributed by atoms with Crippen molar-refractivity contribution in [2.75, 3.05) is 71.6 Å². The molecule has 0 aliphatic heterocycles. The van der Waals surface area contributed by atoms with E-state index in [1.807, 2.05) is 14.1 Å². The summed E-state index contributed by atoms with van der Waals surface area (Å²) in [4.78, 5) is 52.6. The molecule has 3 atom stereocenters. The van der Waals surface area contributed by atoms with E-state index in [0.717, 1.165) is 31.4 Å². The molecule has 0 radical (unpaired) electrons. The number of rotatable bonds is 28. The van der Waals surface area contributed by atoms with Gasteiger partial charge >= 0.3 is 11.9 Å². The fourth-order valence-corrected chi connectivity index (χ4v) is 7.37. The van der Waals surface area contributed by atoms with Crippen LogP contribution in [0.4, 0.5) is 0 Å². The second-order valence-electron chi connectivity index (χ2n) is 15.1. The number of aliphatic hydroxyl groups is 1. The Hall–Kier alpha value is -1.59. The molecule has 16 heteroatoms. The first-order valence-electron chi connectivity index (χ1n) is 17.6. The van der Waals surface area contributed by atoms with E-state index in [-0.39, 0.29) is 62.7 Å². The van der Waals surface area contributed by atoms with Crippen LogP contribution in [0.3, 0.4) is 0 Å². The number of carbonyl (C=O) groups excluding carboxylic acids is 4. The molecule has 0 bridgehead atoms. The molecule has 3 N–H and O–H groups in total. The highest BCUT2D eigenvalue weighted by molar-refractivity contribution is 7.85. The molecule has 13 nitrogen and oxygen atoms in total. The molecular weight excluding hydrogens is 707 g/mol. The van der Waals surface area contributed by atoms with Crippen LogP contribution in [0.5, 0.6) is 0 Å². The Balaban J connectivity index is 5.48. The van der Waals surface area contributed by atoms with Crippen molar-refractivity contribution in [1.82, 2.24) is 10.6 Å². The average molecular weight is 772 g/mol. The molecule has 0 spiro atoms. The molecule has 0 rings (SSSR count). The number of hydrogen-bond acceptors (Lipinski definition) is 12. The van der Waals surface area contributed by atoms with Gasteiger partial charge < -0.3 is 34.2 Å². The Morgan fingerprint density at radius 2 is 1.46 bits per heavy atom. The first kappa shape index (κ1) is 48.4. The van der Waals surface area contributed by atoms with Crippen molar-refractivity contribution < 1.29 is 51.2 Å². The summed E-state index contributed by atoms with van der Waals surface area (Å²) in [6.45, 7) is 9.59. The third kappa shape index (κ3) is 20.4. The van der Waals surface area contributed by atoms with Gasteiger partial charge in [-0.05, 0) is 58.1 Å². The van der Waals surface area contributed by atoms with Crippen LogP contribution in [0, 0.1) is 16.2 Å². The Labute approximate surface area is 311 Å². The molecule has 0 heterocycles. The van der Waals surface area contributed by atoms with Crippen LogP contribution in [0.2, 0.25) is 0 Å². The smallest absolute Gasteiger partial charge is 0.311 e. The van der Waals surface area contributed by atoms with E-state index in [9.17, 15) is 37.3 Å². The van der Waals surface area contributed by atoms with E-state index in [4.69, 9.17) is 9.47 Å². The van der Waals surface area contributed by atoms with Crippen molar-refractivity contribution >= 4 is 59.1 Å². The summed E-state index contributed by atoms with van der Waals surface area (Å²) in [6, 6.07) is 0. The molecule has 0 aliphatic carbocycles. The van der Waals surface area contributed by atoms with Gasteiger partial charge in [-0.3, -0.25) is 19.2 Å². The van der Waals surface area contributed by atoms with Crippen LogP contribution in [0.1, 0.15) is 98.8 Å². The number of amides is 2.